The number of nitrogens with zero attached hydrogens (tertiary/aromatic N) is 4. The first-order chi connectivity index (χ1) is 11.5. The molecule has 24 heavy (non-hydrogen) atoms. The lowest BCUT2D eigenvalue weighted by Crippen LogP contribution is -2.45. The first-order valence-corrected chi connectivity index (χ1v) is 9.97. The summed E-state index contributed by atoms with van der Waals surface area (Å²) >= 11 is 8.06. The molecule has 2 aliphatic heterocycles. The van der Waals surface area contributed by atoms with E-state index >= 15 is 0 Å². The van der Waals surface area contributed by atoms with Crippen molar-refractivity contribution in [1.82, 2.24) is 14.8 Å². The van der Waals surface area contributed by atoms with Gasteiger partial charge in [-0.05, 0) is 37.8 Å². The van der Waals surface area contributed by atoms with Gasteiger partial charge in [-0.2, -0.15) is 0 Å². The van der Waals surface area contributed by atoms with Crippen LogP contribution in [0.4, 0.5) is 5.13 Å². The van der Waals surface area contributed by atoms with Gasteiger partial charge in [0, 0.05) is 47.4 Å². The molecule has 0 amide bonds. The van der Waals surface area contributed by atoms with Crippen molar-refractivity contribution >= 4 is 28.1 Å². The Morgan fingerprint density at radius 2 is 2.04 bits per heavy atom. The van der Waals surface area contributed by atoms with E-state index in [1.54, 1.807) is 18.4 Å². The van der Waals surface area contributed by atoms with Crippen LogP contribution in [0.1, 0.15) is 24.1 Å². The van der Waals surface area contributed by atoms with Crippen LogP contribution in [0.5, 0.6) is 0 Å². The maximum absolute atomic E-state index is 6.35. The number of thiazole rings is 1. The third-order valence-electron chi connectivity index (χ3n) is 5.26. The molecular formula is C17H29ClN4OS. The van der Waals surface area contributed by atoms with Gasteiger partial charge < -0.3 is 14.5 Å². The average molecular weight is 373 g/mol. The van der Waals surface area contributed by atoms with Crippen molar-refractivity contribution in [2.24, 2.45) is 5.41 Å². The van der Waals surface area contributed by atoms with E-state index < -0.39 is 0 Å². The molecule has 0 saturated carbocycles. The fraction of sp³-hybridized carbons (Fsp3) is 0.824. The van der Waals surface area contributed by atoms with Crippen LogP contribution >= 0.6 is 22.9 Å². The highest BCUT2D eigenvalue weighted by Crippen LogP contribution is 2.40. The summed E-state index contributed by atoms with van der Waals surface area (Å²) in [4.78, 5) is 12.8. The van der Waals surface area contributed by atoms with E-state index in [9.17, 15) is 0 Å². The number of piperidine rings is 1. The van der Waals surface area contributed by atoms with Gasteiger partial charge in [0.15, 0.2) is 5.13 Å². The molecule has 7 heteroatoms. The van der Waals surface area contributed by atoms with Crippen molar-refractivity contribution in [3.8, 4) is 0 Å². The molecule has 0 radical (unpaired) electrons. The molecule has 2 aliphatic rings. The molecule has 5 nitrogen and oxygen atoms in total. The zero-order valence-corrected chi connectivity index (χ0v) is 16.6. The maximum Gasteiger partial charge on any atom is 0.186 e. The standard InChI is InChI=1S/C17H29ClN4OS/c1-20(2)16-19-15(18)14(24-16)11-22-8-6-17(13-22)5-4-7-21(12-17)9-10-23-3/h4-13H2,1-3H3/t17-/m1/s1. The van der Waals surface area contributed by atoms with Crippen molar-refractivity contribution in [3.63, 3.8) is 0 Å². The summed E-state index contributed by atoms with van der Waals surface area (Å²) in [5, 5.41) is 1.67. The highest BCUT2D eigenvalue weighted by Gasteiger charge is 2.41. The van der Waals surface area contributed by atoms with Gasteiger partial charge in [-0.1, -0.05) is 22.9 Å². The zero-order chi connectivity index (χ0) is 17.2. The molecule has 136 valence electrons. The number of anilines is 1. The van der Waals surface area contributed by atoms with Crippen LogP contribution in [0.3, 0.4) is 0 Å². The lowest BCUT2D eigenvalue weighted by atomic mass is 9.79. The third kappa shape index (κ3) is 4.22. The third-order valence-corrected chi connectivity index (χ3v) is 6.89. The number of hydrogen-bond acceptors (Lipinski definition) is 6. The van der Waals surface area contributed by atoms with E-state index in [1.165, 1.54) is 50.3 Å². The molecule has 0 unspecified atom stereocenters. The summed E-state index contributed by atoms with van der Waals surface area (Å²) in [6, 6.07) is 0. The maximum atomic E-state index is 6.35. The number of aromatic nitrogens is 1. The predicted octanol–water partition coefficient (Wildman–Crippen LogP) is 2.80. The van der Waals surface area contributed by atoms with Crippen molar-refractivity contribution in [2.75, 3.05) is 65.4 Å². The largest absolute Gasteiger partial charge is 0.383 e. The molecule has 0 aromatic carbocycles. The van der Waals surface area contributed by atoms with Crippen LogP contribution in [-0.4, -0.2) is 75.3 Å². The van der Waals surface area contributed by atoms with E-state index in [0.717, 1.165) is 24.8 Å². The van der Waals surface area contributed by atoms with Crippen LogP contribution in [0, 0.1) is 5.41 Å². The molecule has 3 heterocycles. The average Bonchev–Trinajstić information content (AvgIpc) is 3.10. The minimum absolute atomic E-state index is 0.466. The van der Waals surface area contributed by atoms with Crippen LogP contribution < -0.4 is 4.90 Å². The van der Waals surface area contributed by atoms with Crippen molar-refractivity contribution in [3.05, 3.63) is 10.0 Å². The number of rotatable bonds is 6. The van der Waals surface area contributed by atoms with Gasteiger partial charge >= 0.3 is 0 Å². The van der Waals surface area contributed by atoms with Gasteiger partial charge in [0.2, 0.25) is 0 Å². The monoisotopic (exact) mass is 372 g/mol. The number of methoxy groups -OCH3 is 1. The minimum Gasteiger partial charge on any atom is -0.383 e. The summed E-state index contributed by atoms with van der Waals surface area (Å²) in [6.45, 7) is 7.62. The molecule has 0 aliphatic carbocycles. The van der Waals surface area contributed by atoms with Crippen molar-refractivity contribution in [2.45, 2.75) is 25.8 Å². The zero-order valence-electron chi connectivity index (χ0n) is 15.1. The predicted molar refractivity (Wildman–Crippen MR) is 101 cm³/mol. The van der Waals surface area contributed by atoms with E-state index in [2.05, 4.69) is 14.8 Å². The molecule has 1 spiro atoms. The Morgan fingerprint density at radius 3 is 2.75 bits per heavy atom. The van der Waals surface area contributed by atoms with E-state index in [0.29, 0.717) is 10.6 Å². The van der Waals surface area contributed by atoms with E-state index in [1.807, 2.05) is 19.0 Å². The number of halogens is 1. The molecule has 0 N–H and O–H groups in total. The van der Waals surface area contributed by atoms with Gasteiger partial charge in [-0.3, -0.25) is 4.90 Å². The first-order valence-electron chi connectivity index (χ1n) is 8.77. The van der Waals surface area contributed by atoms with Crippen LogP contribution in [0.2, 0.25) is 5.15 Å². The molecule has 0 bridgehead atoms. The Hall–Kier alpha value is -0.400. The fourth-order valence-electron chi connectivity index (χ4n) is 4.03. The Balaban J connectivity index is 1.58. The first kappa shape index (κ1) is 18.4. The molecule has 2 saturated heterocycles. The fourth-order valence-corrected chi connectivity index (χ4v) is 5.25. The second-order valence-electron chi connectivity index (χ2n) is 7.44. The minimum atomic E-state index is 0.466. The summed E-state index contributed by atoms with van der Waals surface area (Å²) in [6.07, 6.45) is 3.96. The molecule has 1 aromatic heterocycles. The van der Waals surface area contributed by atoms with Crippen LogP contribution in [0.25, 0.3) is 0 Å². The normalized spacial score (nSPS) is 25.7. The number of likely N-dealkylation sites (tertiary alicyclic amines) is 2. The summed E-state index contributed by atoms with van der Waals surface area (Å²) in [5.74, 6) is 0. The molecule has 1 aromatic rings. The van der Waals surface area contributed by atoms with Crippen LogP contribution in [0.15, 0.2) is 0 Å². The smallest absolute Gasteiger partial charge is 0.186 e. The second-order valence-corrected chi connectivity index (χ2v) is 8.86. The molecular weight excluding hydrogens is 344 g/mol. The number of ether oxygens (including phenoxy) is 1. The van der Waals surface area contributed by atoms with Gasteiger partial charge in [-0.15, -0.1) is 0 Å². The van der Waals surface area contributed by atoms with Crippen molar-refractivity contribution in [1.29, 1.82) is 0 Å². The van der Waals surface area contributed by atoms with Crippen LogP contribution in [-0.2, 0) is 11.3 Å². The van der Waals surface area contributed by atoms with Gasteiger partial charge in [0.25, 0.3) is 0 Å². The lowest BCUT2D eigenvalue weighted by Gasteiger charge is -2.40. The summed E-state index contributed by atoms with van der Waals surface area (Å²) < 4.78 is 5.25. The molecule has 2 fully saturated rings. The Bertz CT molecular complexity index is 553. The van der Waals surface area contributed by atoms with Gasteiger partial charge in [0.1, 0.15) is 5.15 Å². The SMILES string of the molecule is COCCN1CCC[C@@]2(CCN(Cc3sc(N(C)C)nc3Cl)C2)C1. The quantitative estimate of drug-likeness (QED) is 0.766. The van der Waals surface area contributed by atoms with Gasteiger partial charge in [0.05, 0.1) is 11.5 Å². The Morgan fingerprint density at radius 1 is 1.25 bits per heavy atom. The topological polar surface area (TPSA) is 31.8 Å². The highest BCUT2D eigenvalue weighted by molar-refractivity contribution is 7.16. The summed E-state index contributed by atoms with van der Waals surface area (Å²) in [7, 11) is 5.82. The van der Waals surface area contributed by atoms with Gasteiger partial charge in [-0.25, -0.2) is 4.98 Å². The second kappa shape index (κ2) is 7.87. The number of hydrogen-bond donors (Lipinski definition) is 0. The Kier molecular flexibility index (Phi) is 6.03. The van der Waals surface area contributed by atoms with E-state index in [-0.39, 0.29) is 0 Å². The lowest BCUT2D eigenvalue weighted by molar-refractivity contribution is 0.0674. The summed E-state index contributed by atoms with van der Waals surface area (Å²) in [5.41, 5.74) is 0.466. The highest BCUT2D eigenvalue weighted by atomic mass is 35.5. The van der Waals surface area contributed by atoms with E-state index in [4.69, 9.17) is 16.3 Å². The van der Waals surface area contributed by atoms with Crippen molar-refractivity contribution < 1.29 is 4.74 Å². The Labute approximate surface area is 154 Å². The molecule has 1 atom stereocenters. The molecule has 3 rings (SSSR count).